The van der Waals surface area contributed by atoms with E-state index in [-0.39, 0.29) is 11.6 Å². The average Bonchev–Trinajstić information content (AvgIpc) is 2.53. The molecule has 0 spiro atoms. The zero-order valence-electron chi connectivity index (χ0n) is 12.6. The third-order valence-corrected chi connectivity index (χ3v) is 3.55. The smallest absolute Gasteiger partial charge is 0.453 e. The van der Waals surface area contributed by atoms with Crippen LogP contribution < -0.4 is 0 Å². The first-order valence-electron chi connectivity index (χ1n) is 6.84. The molecule has 0 unspecified atom stereocenters. The van der Waals surface area contributed by atoms with E-state index in [1.807, 2.05) is 18.2 Å². The first-order valence-corrected chi connectivity index (χ1v) is 6.84. The van der Waals surface area contributed by atoms with E-state index in [1.54, 1.807) is 19.1 Å². The molecular formula is C15H16F3NO4. The minimum Gasteiger partial charge on any atom is -0.453 e. The van der Waals surface area contributed by atoms with Crippen molar-refractivity contribution in [2.75, 3.05) is 13.7 Å². The highest BCUT2D eigenvalue weighted by Gasteiger charge is 2.43. The van der Waals surface area contributed by atoms with Crippen molar-refractivity contribution in [1.29, 1.82) is 0 Å². The van der Waals surface area contributed by atoms with Crippen molar-refractivity contribution >= 4 is 11.7 Å². The second-order valence-electron chi connectivity index (χ2n) is 5.25. The number of esters is 1. The topological polar surface area (TPSA) is 57.1 Å². The third-order valence-electron chi connectivity index (χ3n) is 3.55. The molecule has 23 heavy (non-hydrogen) atoms. The number of ether oxygens (including phenoxy) is 2. The van der Waals surface area contributed by atoms with Crippen LogP contribution in [0.5, 0.6) is 0 Å². The number of hydrogen-bond acceptors (Lipinski definition) is 5. The van der Waals surface area contributed by atoms with Crippen molar-refractivity contribution in [2.45, 2.75) is 31.2 Å². The van der Waals surface area contributed by atoms with Crippen molar-refractivity contribution in [3.8, 4) is 0 Å². The molecule has 1 aromatic rings. The summed E-state index contributed by atoms with van der Waals surface area (Å²) in [6, 6.07) is 9.04. The van der Waals surface area contributed by atoms with Crippen LogP contribution in [0.4, 0.5) is 13.2 Å². The Balaban J connectivity index is 2.19. The monoisotopic (exact) mass is 331 g/mol. The first-order chi connectivity index (χ1) is 10.7. The molecule has 5 nitrogen and oxygen atoms in total. The van der Waals surface area contributed by atoms with E-state index < -0.39 is 24.5 Å². The number of alkyl halides is 3. The molecule has 0 aliphatic carbocycles. The van der Waals surface area contributed by atoms with Crippen molar-refractivity contribution < 1.29 is 32.3 Å². The summed E-state index contributed by atoms with van der Waals surface area (Å²) in [6.45, 7) is 1.07. The molecule has 2 rings (SSSR count). The average molecular weight is 331 g/mol. The Morgan fingerprint density at radius 1 is 1.39 bits per heavy atom. The van der Waals surface area contributed by atoms with Crippen LogP contribution in [0.25, 0.3) is 0 Å². The van der Waals surface area contributed by atoms with E-state index in [9.17, 15) is 18.0 Å². The lowest BCUT2D eigenvalue weighted by molar-refractivity contribution is -0.222. The number of carbonyl (C=O) groups is 1. The summed E-state index contributed by atoms with van der Waals surface area (Å²) >= 11 is 0. The molecule has 0 aromatic heterocycles. The van der Waals surface area contributed by atoms with Crippen LogP contribution in [-0.2, 0) is 19.1 Å². The molecule has 0 amide bonds. The first kappa shape index (κ1) is 17.3. The summed E-state index contributed by atoms with van der Waals surface area (Å²) in [4.78, 5) is 16.1. The lowest BCUT2D eigenvalue weighted by Gasteiger charge is -2.34. The van der Waals surface area contributed by atoms with Gasteiger partial charge < -0.3 is 14.3 Å². The number of nitrogens with zero attached hydrogens (tertiary/aromatic N) is 1. The van der Waals surface area contributed by atoms with Crippen LogP contribution in [-0.4, -0.2) is 37.4 Å². The van der Waals surface area contributed by atoms with Gasteiger partial charge in [-0.25, -0.2) is 4.79 Å². The van der Waals surface area contributed by atoms with Crippen molar-refractivity contribution in [3.63, 3.8) is 0 Å². The minimum absolute atomic E-state index is 0.198. The summed E-state index contributed by atoms with van der Waals surface area (Å²) in [5.41, 5.74) is 1.02. The van der Waals surface area contributed by atoms with Gasteiger partial charge in [-0.2, -0.15) is 13.2 Å². The van der Waals surface area contributed by atoms with Crippen LogP contribution >= 0.6 is 0 Å². The quantitative estimate of drug-likeness (QED) is 0.796. The largest absolute Gasteiger partial charge is 0.490 e. The molecule has 1 aliphatic heterocycles. The SMILES string of the molecule is CO[C@]1(C)C[C@@H](c2ccccc2)C(COC(=O)C(F)(F)F)=NO1. The summed E-state index contributed by atoms with van der Waals surface area (Å²) in [5, 5.41) is 3.81. The molecule has 2 atom stereocenters. The molecule has 0 fully saturated rings. The molecule has 8 heteroatoms. The Kier molecular flexibility index (Phi) is 4.93. The fraction of sp³-hybridized carbons (Fsp3) is 0.467. The highest BCUT2D eigenvalue weighted by Crippen LogP contribution is 2.35. The fourth-order valence-corrected chi connectivity index (χ4v) is 2.21. The van der Waals surface area contributed by atoms with E-state index in [0.29, 0.717) is 6.42 Å². The van der Waals surface area contributed by atoms with Crippen molar-refractivity contribution in [2.24, 2.45) is 5.16 Å². The maximum absolute atomic E-state index is 12.2. The highest BCUT2D eigenvalue weighted by molar-refractivity contribution is 5.93. The van der Waals surface area contributed by atoms with Gasteiger partial charge in [-0.1, -0.05) is 35.5 Å². The number of benzene rings is 1. The normalized spacial score (nSPS) is 24.6. The number of oxime groups is 1. The van der Waals surface area contributed by atoms with E-state index in [0.717, 1.165) is 5.56 Å². The summed E-state index contributed by atoms with van der Waals surface area (Å²) in [6.07, 6.45) is -4.71. The van der Waals surface area contributed by atoms with Gasteiger partial charge in [0.2, 0.25) is 5.79 Å². The lowest BCUT2D eigenvalue weighted by atomic mass is 9.87. The highest BCUT2D eigenvalue weighted by atomic mass is 19.4. The predicted octanol–water partition coefficient (Wildman–Crippen LogP) is 3.01. The zero-order valence-corrected chi connectivity index (χ0v) is 12.6. The number of rotatable bonds is 4. The van der Waals surface area contributed by atoms with Crippen LogP contribution in [0.2, 0.25) is 0 Å². The summed E-state index contributed by atoms with van der Waals surface area (Å²) in [7, 11) is 1.45. The number of carbonyl (C=O) groups excluding carboxylic acids is 1. The molecule has 1 aromatic carbocycles. The van der Waals surface area contributed by atoms with Gasteiger partial charge >= 0.3 is 12.1 Å². The standard InChI is InChI=1S/C15H16F3NO4/c1-14(21-2)8-11(10-6-4-3-5-7-10)12(19-23-14)9-22-13(20)15(16,17)18/h3-7,11H,8-9H2,1-2H3/t11-,14-/m0/s1. The van der Waals surface area contributed by atoms with Crippen LogP contribution in [0.1, 0.15) is 24.8 Å². The van der Waals surface area contributed by atoms with Gasteiger partial charge in [-0.05, 0) is 5.56 Å². The summed E-state index contributed by atoms with van der Waals surface area (Å²) < 4.78 is 46.2. The second kappa shape index (κ2) is 6.57. The van der Waals surface area contributed by atoms with E-state index >= 15 is 0 Å². The number of methoxy groups -OCH3 is 1. The predicted molar refractivity (Wildman–Crippen MR) is 74.7 cm³/mol. The maximum atomic E-state index is 12.2. The van der Waals surface area contributed by atoms with Gasteiger partial charge in [0.1, 0.15) is 12.3 Å². The van der Waals surface area contributed by atoms with Crippen LogP contribution in [0.3, 0.4) is 0 Å². The molecule has 0 saturated carbocycles. The molecule has 0 bridgehead atoms. The Labute approximate surface area is 131 Å². The minimum atomic E-state index is -5.04. The Bertz CT molecular complexity index is 588. The molecule has 0 saturated heterocycles. The lowest BCUT2D eigenvalue weighted by Crippen LogP contribution is -2.40. The van der Waals surface area contributed by atoms with Gasteiger partial charge in [0, 0.05) is 26.4 Å². The molecule has 0 radical (unpaired) electrons. The van der Waals surface area contributed by atoms with E-state index in [4.69, 9.17) is 9.57 Å². The van der Waals surface area contributed by atoms with Gasteiger partial charge in [-0.3, -0.25) is 0 Å². The second-order valence-corrected chi connectivity index (χ2v) is 5.25. The Morgan fingerprint density at radius 2 is 2.04 bits per heavy atom. The van der Waals surface area contributed by atoms with Gasteiger partial charge in [0.25, 0.3) is 0 Å². The van der Waals surface area contributed by atoms with Crippen molar-refractivity contribution in [3.05, 3.63) is 35.9 Å². The van der Waals surface area contributed by atoms with Crippen LogP contribution in [0.15, 0.2) is 35.5 Å². The number of hydrogen-bond donors (Lipinski definition) is 0. The molecule has 126 valence electrons. The van der Waals surface area contributed by atoms with E-state index in [2.05, 4.69) is 9.89 Å². The Hall–Kier alpha value is -2.09. The molecule has 0 N–H and O–H groups in total. The Morgan fingerprint density at radius 3 is 2.61 bits per heavy atom. The zero-order chi connectivity index (χ0) is 17.1. The molecule has 1 aliphatic rings. The number of halogens is 3. The third kappa shape index (κ3) is 4.22. The van der Waals surface area contributed by atoms with Gasteiger partial charge in [-0.15, -0.1) is 0 Å². The molecular weight excluding hydrogens is 315 g/mol. The van der Waals surface area contributed by atoms with E-state index in [1.165, 1.54) is 7.11 Å². The van der Waals surface area contributed by atoms with Crippen LogP contribution in [0, 0.1) is 0 Å². The molecule has 1 heterocycles. The van der Waals surface area contributed by atoms with Gasteiger partial charge in [0.15, 0.2) is 0 Å². The van der Waals surface area contributed by atoms with Gasteiger partial charge in [0.05, 0.1) is 0 Å². The maximum Gasteiger partial charge on any atom is 0.490 e. The summed E-state index contributed by atoms with van der Waals surface area (Å²) in [5.74, 6) is -3.64. The van der Waals surface area contributed by atoms with Crippen molar-refractivity contribution in [1.82, 2.24) is 0 Å². The fourth-order valence-electron chi connectivity index (χ4n) is 2.21.